The summed E-state index contributed by atoms with van der Waals surface area (Å²) in [5, 5.41) is 9.33. The molecule has 1 aliphatic heterocycles. The van der Waals surface area contributed by atoms with Crippen molar-refractivity contribution in [2.75, 3.05) is 6.61 Å². The van der Waals surface area contributed by atoms with Crippen molar-refractivity contribution in [2.24, 2.45) is 0 Å². The van der Waals surface area contributed by atoms with Gasteiger partial charge in [-0.25, -0.2) is 0 Å². The predicted octanol–water partition coefficient (Wildman–Crippen LogP) is 1.02. The number of carbonyl (C=O) groups excluding carboxylic acids is 4. The van der Waals surface area contributed by atoms with Crippen molar-refractivity contribution in [3.8, 4) is 11.8 Å². The van der Waals surface area contributed by atoms with Crippen molar-refractivity contribution >= 4 is 23.9 Å². The molecule has 2 rings (SSSR count). The average Bonchev–Trinajstić information content (AvgIpc) is 2.70. The second-order valence-corrected chi connectivity index (χ2v) is 6.79. The molecular weight excluding hydrogens is 426 g/mol. The van der Waals surface area contributed by atoms with E-state index in [4.69, 9.17) is 28.4 Å². The zero-order valence-corrected chi connectivity index (χ0v) is 17.9. The molecule has 1 aromatic rings. The third-order valence-corrected chi connectivity index (χ3v) is 4.20. The third kappa shape index (κ3) is 6.68. The second-order valence-electron chi connectivity index (χ2n) is 6.79. The van der Waals surface area contributed by atoms with Crippen LogP contribution in [0, 0.1) is 11.3 Å². The van der Waals surface area contributed by atoms with Gasteiger partial charge in [-0.3, -0.25) is 19.2 Å². The number of nitriles is 1. The first-order valence-electron chi connectivity index (χ1n) is 9.58. The highest BCUT2D eigenvalue weighted by Crippen LogP contribution is 2.31. The number of esters is 4. The van der Waals surface area contributed by atoms with Crippen LogP contribution in [-0.4, -0.2) is 61.2 Å². The maximum atomic E-state index is 11.8. The lowest BCUT2D eigenvalue weighted by atomic mass is 9.98. The van der Waals surface area contributed by atoms with Gasteiger partial charge in [0.25, 0.3) is 0 Å². The van der Waals surface area contributed by atoms with E-state index in [2.05, 4.69) is 0 Å². The molecule has 1 aliphatic rings. The number of hydrogen-bond donors (Lipinski definition) is 0. The summed E-state index contributed by atoms with van der Waals surface area (Å²) in [5.41, 5.74) is 0.167. The van der Waals surface area contributed by atoms with Crippen LogP contribution in [0.1, 0.15) is 33.3 Å². The van der Waals surface area contributed by atoms with Crippen LogP contribution in [0.3, 0.4) is 0 Å². The van der Waals surface area contributed by atoms with Crippen LogP contribution >= 0.6 is 0 Å². The molecule has 11 heteroatoms. The van der Waals surface area contributed by atoms with E-state index in [1.165, 1.54) is 19.1 Å². The summed E-state index contributed by atoms with van der Waals surface area (Å²) in [4.78, 5) is 46.6. The Balaban J connectivity index is 2.49. The normalized spacial score (nSPS) is 24.4. The van der Waals surface area contributed by atoms with Gasteiger partial charge in [0.1, 0.15) is 24.5 Å². The zero-order chi connectivity index (χ0) is 23.8. The quantitative estimate of drug-likeness (QED) is 0.434. The Labute approximate surface area is 184 Å². The van der Waals surface area contributed by atoms with Gasteiger partial charge in [0.2, 0.25) is 12.4 Å². The fourth-order valence-electron chi connectivity index (χ4n) is 3.07. The van der Waals surface area contributed by atoms with Crippen molar-refractivity contribution in [1.82, 2.24) is 0 Å². The number of rotatable bonds is 7. The number of carbonyl (C=O) groups is 4. The third-order valence-electron chi connectivity index (χ3n) is 4.20. The molecule has 0 saturated carbocycles. The second kappa shape index (κ2) is 11.1. The van der Waals surface area contributed by atoms with Crippen LogP contribution in [0.4, 0.5) is 0 Å². The molecule has 1 saturated heterocycles. The minimum Gasteiger partial charge on any atom is -0.463 e. The van der Waals surface area contributed by atoms with Crippen molar-refractivity contribution < 1.29 is 47.6 Å². The van der Waals surface area contributed by atoms with E-state index in [0.717, 1.165) is 20.8 Å². The molecule has 0 N–H and O–H groups in total. The highest BCUT2D eigenvalue weighted by atomic mass is 16.7. The smallest absolute Gasteiger partial charge is 0.303 e. The Morgan fingerprint density at radius 3 is 2.00 bits per heavy atom. The van der Waals surface area contributed by atoms with E-state index in [1.54, 1.807) is 12.1 Å². The van der Waals surface area contributed by atoms with E-state index < -0.39 is 54.6 Å². The Hall–Kier alpha value is -3.65. The van der Waals surface area contributed by atoms with Crippen molar-refractivity contribution in [2.45, 2.75) is 58.4 Å². The summed E-state index contributed by atoms with van der Waals surface area (Å²) in [7, 11) is 0. The van der Waals surface area contributed by atoms with E-state index in [0.29, 0.717) is 0 Å². The first-order chi connectivity index (χ1) is 15.1. The van der Waals surface area contributed by atoms with Gasteiger partial charge in [0, 0.05) is 27.7 Å². The monoisotopic (exact) mass is 449 g/mol. The summed E-state index contributed by atoms with van der Waals surface area (Å²) in [5.74, 6) is -2.77. The largest absolute Gasteiger partial charge is 0.463 e. The number of benzene rings is 1. The minimum atomic E-state index is -1.40. The lowest BCUT2D eigenvalue weighted by Gasteiger charge is -2.43. The van der Waals surface area contributed by atoms with Gasteiger partial charge in [-0.1, -0.05) is 12.1 Å². The molecule has 0 amide bonds. The number of ether oxygens (including phenoxy) is 6. The first-order valence-corrected chi connectivity index (χ1v) is 9.58. The Kier molecular flexibility index (Phi) is 8.54. The van der Waals surface area contributed by atoms with Gasteiger partial charge in [0.15, 0.2) is 12.2 Å². The molecular formula is C21H23NO10. The van der Waals surface area contributed by atoms with Crippen LogP contribution in [-0.2, 0) is 42.9 Å². The maximum Gasteiger partial charge on any atom is 0.303 e. The highest BCUT2D eigenvalue weighted by Gasteiger charge is 2.53. The Morgan fingerprint density at radius 2 is 1.44 bits per heavy atom. The van der Waals surface area contributed by atoms with Gasteiger partial charge in [-0.05, 0) is 12.1 Å². The SMILES string of the molecule is CC(=O)OC[C@H]1O[C@H](Oc2ccccc2C#N)[C@H](OC(C)=O)[C@@H](OC(C)=O)[C@@H]1OC(C)=O. The summed E-state index contributed by atoms with van der Waals surface area (Å²) in [6.07, 6.45) is -6.55. The molecule has 0 unspecified atom stereocenters. The number of nitrogens with zero attached hydrogens (tertiary/aromatic N) is 1. The molecule has 5 atom stereocenters. The molecule has 1 aromatic carbocycles. The Morgan fingerprint density at radius 1 is 0.875 bits per heavy atom. The maximum absolute atomic E-state index is 11.8. The fourth-order valence-corrected chi connectivity index (χ4v) is 3.07. The van der Waals surface area contributed by atoms with Crippen LogP contribution in [0.2, 0.25) is 0 Å². The van der Waals surface area contributed by atoms with Crippen molar-refractivity contribution in [3.05, 3.63) is 29.8 Å². The summed E-state index contributed by atoms with van der Waals surface area (Å²) in [6.45, 7) is 4.16. The molecule has 32 heavy (non-hydrogen) atoms. The van der Waals surface area contributed by atoms with Crippen LogP contribution < -0.4 is 4.74 Å². The topological polar surface area (TPSA) is 147 Å². The predicted molar refractivity (Wildman–Crippen MR) is 104 cm³/mol. The van der Waals surface area contributed by atoms with E-state index in [1.807, 2.05) is 6.07 Å². The van der Waals surface area contributed by atoms with Crippen LogP contribution in [0.15, 0.2) is 24.3 Å². The van der Waals surface area contributed by atoms with Gasteiger partial charge in [0.05, 0.1) is 5.56 Å². The van der Waals surface area contributed by atoms with Gasteiger partial charge >= 0.3 is 23.9 Å². The summed E-state index contributed by atoms with van der Waals surface area (Å²) < 4.78 is 32.5. The van der Waals surface area contributed by atoms with E-state index in [-0.39, 0.29) is 17.9 Å². The van der Waals surface area contributed by atoms with E-state index in [9.17, 15) is 24.4 Å². The summed E-state index contributed by atoms with van der Waals surface area (Å²) in [6, 6.07) is 8.19. The van der Waals surface area contributed by atoms with Gasteiger partial charge < -0.3 is 28.4 Å². The van der Waals surface area contributed by atoms with E-state index >= 15 is 0 Å². The molecule has 172 valence electrons. The molecule has 11 nitrogen and oxygen atoms in total. The first kappa shape index (κ1) is 24.6. The fraction of sp³-hybridized carbons (Fsp3) is 0.476. The summed E-state index contributed by atoms with van der Waals surface area (Å²) >= 11 is 0. The van der Waals surface area contributed by atoms with Gasteiger partial charge in [-0.2, -0.15) is 5.26 Å². The highest BCUT2D eigenvalue weighted by molar-refractivity contribution is 5.68. The molecule has 0 bridgehead atoms. The number of para-hydroxylation sites is 1. The zero-order valence-electron chi connectivity index (χ0n) is 17.9. The standard InChI is InChI=1S/C21H23NO10/c1-11(23)27-10-17-18(28-12(2)24)19(29-13(3)25)20(30-14(4)26)21(32-17)31-16-8-6-5-7-15(16)9-22/h5-8,17-21H,10H2,1-4H3/t17-,18-,19+,20-,21+/m1/s1. The lowest BCUT2D eigenvalue weighted by Crippen LogP contribution is -2.63. The molecule has 0 aromatic heterocycles. The average molecular weight is 449 g/mol. The molecule has 0 aliphatic carbocycles. The minimum absolute atomic E-state index is 0.107. The van der Waals surface area contributed by atoms with Crippen molar-refractivity contribution in [3.63, 3.8) is 0 Å². The van der Waals surface area contributed by atoms with Crippen LogP contribution in [0.25, 0.3) is 0 Å². The molecule has 0 radical (unpaired) electrons. The molecule has 1 fully saturated rings. The van der Waals surface area contributed by atoms with Crippen molar-refractivity contribution in [1.29, 1.82) is 5.26 Å². The molecule has 1 heterocycles. The number of hydrogen-bond acceptors (Lipinski definition) is 11. The molecule has 0 spiro atoms. The lowest BCUT2D eigenvalue weighted by molar-refractivity contribution is -0.288. The van der Waals surface area contributed by atoms with Gasteiger partial charge in [-0.15, -0.1) is 0 Å². The van der Waals surface area contributed by atoms with Crippen LogP contribution in [0.5, 0.6) is 5.75 Å². The Bertz CT molecular complexity index is 908.